The number of benzene rings is 2. The van der Waals surface area contributed by atoms with Gasteiger partial charge in [-0.3, -0.25) is 0 Å². The number of rotatable bonds is 4. The Bertz CT molecular complexity index is 735. The van der Waals surface area contributed by atoms with Crippen LogP contribution in [0, 0.1) is 0 Å². The molecule has 0 saturated carbocycles. The van der Waals surface area contributed by atoms with Gasteiger partial charge in [0.1, 0.15) is 0 Å². The van der Waals surface area contributed by atoms with Crippen molar-refractivity contribution in [3.63, 3.8) is 0 Å². The van der Waals surface area contributed by atoms with E-state index >= 15 is 0 Å². The van der Waals surface area contributed by atoms with E-state index in [1.165, 1.54) is 13.5 Å². The second-order valence-electron chi connectivity index (χ2n) is 4.65. The van der Waals surface area contributed by atoms with Crippen molar-refractivity contribution in [3.05, 3.63) is 66.2 Å². The first-order chi connectivity index (χ1) is 10.3. The fraction of sp³-hybridized carbons (Fsp3) is 0.118. The minimum Gasteiger partial charge on any atom is -0.504 e. The third kappa shape index (κ3) is 2.60. The first-order valence-corrected chi connectivity index (χ1v) is 6.62. The van der Waals surface area contributed by atoms with Gasteiger partial charge in [-0.05, 0) is 17.7 Å². The van der Waals surface area contributed by atoms with E-state index < -0.39 is 0 Å². The largest absolute Gasteiger partial charge is 0.504 e. The molecule has 0 amide bonds. The molecule has 0 spiro atoms. The van der Waals surface area contributed by atoms with Crippen molar-refractivity contribution in [1.29, 1.82) is 0 Å². The summed E-state index contributed by atoms with van der Waals surface area (Å²) in [6.45, 7) is 0. The van der Waals surface area contributed by atoms with Gasteiger partial charge in [0.25, 0.3) is 0 Å². The number of ether oxygens (including phenoxy) is 1. The number of nitrogens with zero attached hydrogens (tertiary/aromatic N) is 1. The van der Waals surface area contributed by atoms with Crippen LogP contribution in [0.15, 0.2) is 59.3 Å². The van der Waals surface area contributed by atoms with Crippen LogP contribution in [0.2, 0.25) is 0 Å². The molecule has 0 bridgehead atoms. The summed E-state index contributed by atoms with van der Waals surface area (Å²) < 4.78 is 10.6. The Morgan fingerprint density at radius 2 is 1.90 bits per heavy atom. The molecule has 1 aromatic heterocycles. The third-order valence-corrected chi connectivity index (χ3v) is 3.32. The van der Waals surface area contributed by atoms with E-state index in [1.807, 2.05) is 36.4 Å². The average Bonchev–Trinajstić information content (AvgIpc) is 2.96. The quantitative estimate of drug-likeness (QED) is 0.793. The van der Waals surface area contributed by atoms with E-state index in [2.05, 4.69) is 4.98 Å². The molecule has 21 heavy (non-hydrogen) atoms. The van der Waals surface area contributed by atoms with Crippen LogP contribution in [0.1, 0.15) is 11.3 Å². The molecule has 1 heterocycles. The molecule has 3 rings (SSSR count). The second kappa shape index (κ2) is 5.71. The lowest BCUT2D eigenvalue weighted by Crippen LogP contribution is -1.92. The van der Waals surface area contributed by atoms with Gasteiger partial charge in [-0.1, -0.05) is 36.4 Å². The number of phenolic OH excluding ortho intramolecular Hbond substituents is 1. The Balaban J connectivity index is 2.00. The van der Waals surface area contributed by atoms with Gasteiger partial charge in [0.2, 0.25) is 0 Å². The van der Waals surface area contributed by atoms with Crippen molar-refractivity contribution >= 4 is 0 Å². The summed E-state index contributed by atoms with van der Waals surface area (Å²) >= 11 is 0. The molecule has 0 aliphatic heterocycles. The molecule has 0 fully saturated rings. The zero-order valence-electron chi connectivity index (χ0n) is 11.6. The van der Waals surface area contributed by atoms with Crippen LogP contribution in [0.5, 0.6) is 11.5 Å². The van der Waals surface area contributed by atoms with Gasteiger partial charge < -0.3 is 14.3 Å². The molecule has 4 nitrogen and oxygen atoms in total. The first-order valence-electron chi connectivity index (χ1n) is 6.62. The zero-order valence-corrected chi connectivity index (χ0v) is 11.6. The summed E-state index contributed by atoms with van der Waals surface area (Å²) in [6, 6.07) is 15.3. The minimum absolute atomic E-state index is 0.0612. The molecule has 0 unspecified atom stereocenters. The number of aromatic hydroxyl groups is 1. The normalized spacial score (nSPS) is 10.5. The summed E-state index contributed by atoms with van der Waals surface area (Å²) in [6.07, 6.45) is 2.04. The van der Waals surface area contributed by atoms with Crippen molar-refractivity contribution in [1.82, 2.24) is 4.98 Å². The molecule has 4 heteroatoms. The number of para-hydroxylation sites is 1. The van der Waals surface area contributed by atoms with E-state index in [9.17, 15) is 5.11 Å². The maximum atomic E-state index is 10.2. The van der Waals surface area contributed by atoms with E-state index in [1.54, 1.807) is 12.1 Å². The zero-order chi connectivity index (χ0) is 14.7. The molecule has 0 saturated heterocycles. The monoisotopic (exact) mass is 281 g/mol. The highest BCUT2D eigenvalue weighted by Gasteiger charge is 2.17. The average molecular weight is 281 g/mol. The Morgan fingerprint density at radius 3 is 2.67 bits per heavy atom. The summed E-state index contributed by atoms with van der Waals surface area (Å²) in [4.78, 5) is 4.27. The molecular formula is C17H15NO3. The van der Waals surface area contributed by atoms with Crippen LogP contribution in [-0.2, 0) is 6.42 Å². The molecule has 2 aromatic carbocycles. The highest BCUT2D eigenvalue weighted by molar-refractivity contribution is 5.71. The van der Waals surface area contributed by atoms with E-state index in [0.717, 1.165) is 11.3 Å². The van der Waals surface area contributed by atoms with Gasteiger partial charge in [0.15, 0.2) is 23.7 Å². The Hall–Kier alpha value is -2.75. The van der Waals surface area contributed by atoms with Crippen LogP contribution in [0.3, 0.4) is 0 Å². The maximum Gasteiger partial charge on any atom is 0.181 e. The Morgan fingerprint density at radius 1 is 1.10 bits per heavy atom. The SMILES string of the molecule is COc1cccc(-c2ocnc2Cc2ccccc2)c1O. The smallest absolute Gasteiger partial charge is 0.181 e. The molecule has 3 aromatic rings. The Labute approximate surface area is 122 Å². The highest BCUT2D eigenvalue weighted by atomic mass is 16.5. The van der Waals surface area contributed by atoms with E-state index in [4.69, 9.17) is 9.15 Å². The second-order valence-corrected chi connectivity index (χ2v) is 4.65. The van der Waals surface area contributed by atoms with Gasteiger partial charge in [-0.15, -0.1) is 0 Å². The standard InChI is InChI=1S/C17H15NO3/c1-20-15-9-5-8-13(16(15)19)17-14(18-11-21-17)10-12-6-3-2-4-7-12/h2-9,11,19H,10H2,1H3. The van der Waals surface area contributed by atoms with Crippen LogP contribution < -0.4 is 4.74 Å². The van der Waals surface area contributed by atoms with E-state index in [0.29, 0.717) is 23.5 Å². The fourth-order valence-corrected chi connectivity index (χ4v) is 2.27. The number of aromatic nitrogens is 1. The van der Waals surface area contributed by atoms with E-state index in [-0.39, 0.29) is 5.75 Å². The topological polar surface area (TPSA) is 55.5 Å². The van der Waals surface area contributed by atoms with Gasteiger partial charge >= 0.3 is 0 Å². The number of methoxy groups -OCH3 is 1. The number of hydrogen-bond donors (Lipinski definition) is 1. The predicted molar refractivity (Wildman–Crippen MR) is 79.4 cm³/mol. The number of hydrogen-bond acceptors (Lipinski definition) is 4. The van der Waals surface area contributed by atoms with Crippen LogP contribution >= 0.6 is 0 Å². The van der Waals surface area contributed by atoms with Crippen molar-refractivity contribution in [3.8, 4) is 22.8 Å². The molecular weight excluding hydrogens is 266 g/mol. The first kappa shape index (κ1) is 13.2. The highest BCUT2D eigenvalue weighted by Crippen LogP contribution is 2.38. The summed E-state index contributed by atoms with van der Waals surface area (Å²) in [7, 11) is 1.52. The molecule has 106 valence electrons. The van der Waals surface area contributed by atoms with Gasteiger partial charge in [0.05, 0.1) is 18.4 Å². The van der Waals surface area contributed by atoms with Crippen LogP contribution in [-0.4, -0.2) is 17.2 Å². The fourth-order valence-electron chi connectivity index (χ4n) is 2.27. The predicted octanol–water partition coefficient (Wildman–Crippen LogP) is 3.65. The summed E-state index contributed by atoms with van der Waals surface area (Å²) in [5, 5.41) is 10.2. The van der Waals surface area contributed by atoms with Gasteiger partial charge in [-0.25, -0.2) is 4.98 Å². The Kier molecular flexibility index (Phi) is 3.60. The van der Waals surface area contributed by atoms with Crippen LogP contribution in [0.25, 0.3) is 11.3 Å². The third-order valence-electron chi connectivity index (χ3n) is 3.32. The lowest BCUT2D eigenvalue weighted by Gasteiger charge is -2.08. The maximum absolute atomic E-state index is 10.2. The van der Waals surface area contributed by atoms with Gasteiger partial charge in [-0.2, -0.15) is 0 Å². The molecule has 0 atom stereocenters. The van der Waals surface area contributed by atoms with Crippen molar-refractivity contribution in [2.45, 2.75) is 6.42 Å². The summed E-state index contributed by atoms with van der Waals surface area (Å²) in [5.41, 5.74) is 2.50. The van der Waals surface area contributed by atoms with Crippen molar-refractivity contribution in [2.24, 2.45) is 0 Å². The van der Waals surface area contributed by atoms with Crippen LogP contribution in [0.4, 0.5) is 0 Å². The molecule has 0 aliphatic carbocycles. The number of phenols is 1. The minimum atomic E-state index is 0.0612. The van der Waals surface area contributed by atoms with Gasteiger partial charge in [0, 0.05) is 6.42 Å². The van der Waals surface area contributed by atoms with Crippen molar-refractivity contribution < 1.29 is 14.3 Å². The molecule has 1 N–H and O–H groups in total. The van der Waals surface area contributed by atoms with Crippen molar-refractivity contribution in [2.75, 3.05) is 7.11 Å². The lowest BCUT2D eigenvalue weighted by atomic mass is 10.0. The summed E-state index contributed by atoms with van der Waals surface area (Å²) in [5.74, 6) is 1.04. The molecule has 0 radical (unpaired) electrons. The molecule has 0 aliphatic rings. The number of oxazole rings is 1. The lowest BCUT2D eigenvalue weighted by molar-refractivity contribution is 0.373.